The topological polar surface area (TPSA) is 18.5 Å². The number of piperazine rings is 1. The summed E-state index contributed by atoms with van der Waals surface area (Å²) in [6, 6.07) is 1.33. The lowest BCUT2D eigenvalue weighted by molar-refractivity contribution is -0.0212. The summed E-state index contributed by atoms with van der Waals surface area (Å²) in [6.45, 7) is 12.8. The molecule has 1 fully saturated rings. The summed E-state index contributed by atoms with van der Waals surface area (Å²) < 4.78 is 0. The molecule has 1 heterocycles. The van der Waals surface area contributed by atoms with Crippen molar-refractivity contribution in [3.8, 4) is 0 Å². The molecule has 0 aromatic rings. The van der Waals surface area contributed by atoms with Gasteiger partial charge in [-0.25, -0.2) is 0 Å². The number of hydrogen-bond donors (Lipinski definition) is 1. The van der Waals surface area contributed by atoms with Gasteiger partial charge in [-0.2, -0.15) is 0 Å². The minimum absolute atomic E-state index is 0.281. The first kappa shape index (κ1) is 13.9. The van der Waals surface area contributed by atoms with Crippen molar-refractivity contribution in [3.05, 3.63) is 0 Å². The third-order valence-electron chi connectivity index (χ3n) is 4.19. The van der Waals surface area contributed by atoms with Gasteiger partial charge in [0.2, 0.25) is 0 Å². The lowest BCUT2D eigenvalue weighted by Crippen LogP contribution is -2.65. The fraction of sp³-hybridized carbons (Fsp3) is 1.00. The van der Waals surface area contributed by atoms with Crippen LogP contribution in [0.15, 0.2) is 0 Å². The maximum atomic E-state index is 3.31. The lowest BCUT2D eigenvalue weighted by Gasteiger charge is -2.51. The summed E-state index contributed by atoms with van der Waals surface area (Å²) in [5.41, 5.74) is 0.281. The van der Waals surface area contributed by atoms with E-state index in [9.17, 15) is 0 Å². The maximum absolute atomic E-state index is 3.31. The van der Waals surface area contributed by atoms with Crippen molar-refractivity contribution in [3.63, 3.8) is 0 Å². The Hall–Kier alpha value is -0.120. The highest BCUT2D eigenvalue weighted by Crippen LogP contribution is 2.25. The minimum atomic E-state index is 0.281. The van der Waals surface area contributed by atoms with E-state index in [4.69, 9.17) is 0 Å². The van der Waals surface area contributed by atoms with Gasteiger partial charge in [0.05, 0.1) is 0 Å². The van der Waals surface area contributed by atoms with Gasteiger partial charge >= 0.3 is 0 Å². The molecule has 0 aliphatic carbocycles. The van der Waals surface area contributed by atoms with Crippen LogP contribution in [0.1, 0.15) is 34.1 Å². The summed E-state index contributed by atoms with van der Waals surface area (Å²) >= 11 is 0. The zero-order chi connectivity index (χ0) is 12.3. The summed E-state index contributed by atoms with van der Waals surface area (Å²) in [4.78, 5) is 5.17. The first-order valence-corrected chi connectivity index (χ1v) is 6.54. The standard InChI is InChI=1S/C13H29N3/c1-7-11(2)16-9-12(8-14-5)15(6)13(3,4)10-16/h11-12,14H,7-10H2,1-6H3. The van der Waals surface area contributed by atoms with Crippen LogP contribution in [0.5, 0.6) is 0 Å². The lowest BCUT2D eigenvalue weighted by atomic mass is 9.94. The maximum Gasteiger partial charge on any atom is 0.0350 e. The molecule has 0 aromatic carbocycles. The van der Waals surface area contributed by atoms with E-state index in [0.29, 0.717) is 12.1 Å². The molecule has 16 heavy (non-hydrogen) atoms. The van der Waals surface area contributed by atoms with Crippen molar-refractivity contribution in [2.24, 2.45) is 0 Å². The van der Waals surface area contributed by atoms with Gasteiger partial charge in [-0.05, 0) is 41.3 Å². The van der Waals surface area contributed by atoms with Gasteiger partial charge in [0, 0.05) is 37.3 Å². The average Bonchev–Trinajstić information content (AvgIpc) is 2.23. The Kier molecular flexibility index (Phi) is 4.77. The molecule has 2 atom stereocenters. The summed E-state index contributed by atoms with van der Waals surface area (Å²) in [5.74, 6) is 0. The van der Waals surface area contributed by atoms with E-state index < -0.39 is 0 Å². The quantitative estimate of drug-likeness (QED) is 0.783. The Bertz CT molecular complexity index is 215. The Balaban J connectivity index is 2.73. The largest absolute Gasteiger partial charge is 0.318 e. The van der Waals surface area contributed by atoms with Crippen molar-refractivity contribution < 1.29 is 0 Å². The van der Waals surface area contributed by atoms with Crippen LogP contribution < -0.4 is 5.32 Å². The zero-order valence-corrected chi connectivity index (χ0v) is 11.9. The smallest absolute Gasteiger partial charge is 0.0350 e. The summed E-state index contributed by atoms with van der Waals surface area (Å²) in [7, 11) is 4.30. The van der Waals surface area contributed by atoms with Crippen LogP contribution in [0.25, 0.3) is 0 Å². The fourth-order valence-electron chi connectivity index (χ4n) is 2.59. The van der Waals surface area contributed by atoms with Crippen LogP contribution in [-0.2, 0) is 0 Å². The Morgan fingerprint density at radius 3 is 2.56 bits per heavy atom. The molecule has 2 unspecified atom stereocenters. The molecular weight excluding hydrogens is 198 g/mol. The Morgan fingerprint density at radius 1 is 1.44 bits per heavy atom. The predicted octanol–water partition coefficient (Wildman–Crippen LogP) is 1.40. The number of likely N-dealkylation sites (N-methyl/N-ethyl adjacent to an activating group) is 2. The molecule has 0 amide bonds. The second kappa shape index (κ2) is 5.48. The number of hydrogen-bond acceptors (Lipinski definition) is 3. The van der Waals surface area contributed by atoms with Gasteiger partial charge < -0.3 is 5.32 Å². The van der Waals surface area contributed by atoms with Gasteiger partial charge in [0.1, 0.15) is 0 Å². The third kappa shape index (κ3) is 2.96. The molecule has 0 saturated carbocycles. The fourth-order valence-corrected chi connectivity index (χ4v) is 2.59. The van der Waals surface area contributed by atoms with Gasteiger partial charge in [-0.1, -0.05) is 6.92 Å². The van der Waals surface area contributed by atoms with Crippen molar-refractivity contribution in [1.29, 1.82) is 0 Å². The van der Waals surface area contributed by atoms with E-state index in [1.165, 1.54) is 19.5 Å². The van der Waals surface area contributed by atoms with Crippen molar-refractivity contribution in [2.45, 2.75) is 51.7 Å². The molecule has 1 saturated heterocycles. The Labute approximate surface area is 101 Å². The molecule has 1 N–H and O–H groups in total. The normalized spacial score (nSPS) is 29.2. The molecule has 0 bridgehead atoms. The minimum Gasteiger partial charge on any atom is -0.318 e. The zero-order valence-electron chi connectivity index (χ0n) is 11.9. The van der Waals surface area contributed by atoms with Crippen LogP contribution in [0.4, 0.5) is 0 Å². The van der Waals surface area contributed by atoms with Crippen LogP contribution >= 0.6 is 0 Å². The van der Waals surface area contributed by atoms with Crippen LogP contribution in [0, 0.1) is 0 Å². The molecule has 1 aliphatic heterocycles. The second-order valence-electron chi connectivity index (χ2n) is 5.82. The second-order valence-corrected chi connectivity index (χ2v) is 5.82. The first-order valence-electron chi connectivity index (χ1n) is 6.54. The monoisotopic (exact) mass is 227 g/mol. The van der Waals surface area contributed by atoms with Crippen molar-refractivity contribution >= 4 is 0 Å². The molecule has 0 radical (unpaired) electrons. The molecule has 0 spiro atoms. The molecule has 1 aliphatic rings. The van der Waals surface area contributed by atoms with Crippen LogP contribution in [0.2, 0.25) is 0 Å². The number of nitrogens with zero attached hydrogens (tertiary/aromatic N) is 2. The van der Waals surface area contributed by atoms with Crippen molar-refractivity contribution in [2.75, 3.05) is 33.7 Å². The van der Waals surface area contributed by atoms with E-state index in [0.717, 1.165) is 6.54 Å². The summed E-state index contributed by atoms with van der Waals surface area (Å²) in [5, 5.41) is 3.31. The van der Waals surface area contributed by atoms with E-state index in [2.05, 4.69) is 49.9 Å². The third-order valence-corrected chi connectivity index (χ3v) is 4.19. The number of rotatable bonds is 4. The molecular formula is C13H29N3. The van der Waals surface area contributed by atoms with Crippen LogP contribution in [-0.4, -0.2) is 61.2 Å². The van der Waals surface area contributed by atoms with Gasteiger partial charge in [-0.15, -0.1) is 0 Å². The molecule has 3 nitrogen and oxygen atoms in total. The van der Waals surface area contributed by atoms with Gasteiger partial charge in [0.25, 0.3) is 0 Å². The molecule has 3 heteroatoms. The highest BCUT2D eigenvalue weighted by molar-refractivity contribution is 4.95. The highest BCUT2D eigenvalue weighted by atomic mass is 15.3. The first-order chi connectivity index (χ1) is 7.42. The van der Waals surface area contributed by atoms with Gasteiger partial charge in [0.15, 0.2) is 0 Å². The molecule has 0 aromatic heterocycles. The number of nitrogens with one attached hydrogen (secondary N) is 1. The average molecular weight is 227 g/mol. The molecule has 96 valence electrons. The Morgan fingerprint density at radius 2 is 2.06 bits per heavy atom. The van der Waals surface area contributed by atoms with E-state index in [-0.39, 0.29) is 5.54 Å². The van der Waals surface area contributed by atoms with E-state index >= 15 is 0 Å². The predicted molar refractivity (Wildman–Crippen MR) is 70.9 cm³/mol. The molecule has 1 rings (SSSR count). The highest BCUT2D eigenvalue weighted by Gasteiger charge is 2.38. The summed E-state index contributed by atoms with van der Waals surface area (Å²) in [6.07, 6.45) is 1.24. The van der Waals surface area contributed by atoms with E-state index in [1.54, 1.807) is 0 Å². The SMILES string of the molecule is CCC(C)N1CC(CNC)N(C)C(C)(C)C1. The van der Waals surface area contributed by atoms with Gasteiger partial charge in [-0.3, -0.25) is 9.80 Å². The van der Waals surface area contributed by atoms with Crippen molar-refractivity contribution in [1.82, 2.24) is 15.1 Å². The van der Waals surface area contributed by atoms with Crippen LogP contribution in [0.3, 0.4) is 0 Å². The van der Waals surface area contributed by atoms with E-state index in [1.807, 2.05) is 7.05 Å².